The molecular formula is C16H17NO2. The van der Waals surface area contributed by atoms with Gasteiger partial charge in [-0.2, -0.15) is 0 Å². The molecule has 19 heavy (non-hydrogen) atoms. The normalized spacial score (nSPS) is 10.0. The van der Waals surface area contributed by atoms with E-state index >= 15 is 0 Å². The van der Waals surface area contributed by atoms with Gasteiger partial charge in [0, 0.05) is 12.6 Å². The minimum atomic E-state index is -0.0613. The van der Waals surface area contributed by atoms with Crippen molar-refractivity contribution < 1.29 is 9.53 Å². The summed E-state index contributed by atoms with van der Waals surface area (Å²) in [4.78, 5) is 10.9. The van der Waals surface area contributed by atoms with Crippen molar-refractivity contribution in [3.63, 3.8) is 0 Å². The summed E-state index contributed by atoms with van der Waals surface area (Å²) in [6.07, 6.45) is 0. The average molecular weight is 255 g/mol. The lowest BCUT2D eigenvalue weighted by molar-refractivity contribution is -0.114. The first-order chi connectivity index (χ1) is 9.19. The second-order valence-electron chi connectivity index (χ2n) is 4.22. The lowest BCUT2D eigenvalue weighted by Crippen LogP contribution is -2.05. The molecule has 0 saturated heterocycles. The van der Waals surface area contributed by atoms with E-state index in [4.69, 9.17) is 4.74 Å². The Labute approximate surface area is 113 Å². The summed E-state index contributed by atoms with van der Waals surface area (Å²) in [5.74, 6) is 0.815. The summed E-state index contributed by atoms with van der Waals surface area (Å²) in [6.45, 7) is 4.14. The van der Waals surface area contributed by atoms with Gasteiger partial charge in [0.05, 0.1) is 6.61 Å². The summed E-state index contributed by atoms with van der Waals surface area (Å²) >= 11 is 0. The largest absolute Gasteiger partial charge is 0.494 e. The van der Waals surface area contributed by atoms with Crippen LogP contribution >= 0.6 is 0 Å². The Morgan fingerprint density at radius 1 is 1.00 bits per heavy atom. The first-order valence-corrected chi connectivity index (χ1v) is 6.30. The number of hydrogen-bond acceptors (Lipinski definition) is 2. The summed E-state index contributed by atoms with van der Waals surface area (Å²) in [5, 5.41) is 2.75. The van der Waals surface area contributed by atoms with Gasteiger partial charge in [0.15, 0.2) is 0 Å². The number of rotatable bonds is 4. The van der Waals surface area contributed by atoms with Crippen molar-refractivity contribution >= 4 is 11.6 Å². The highest BCUT2D eigenvalue weighted by Gasteiger charge is 2.00. The molecule has 0 spiro atoms. The van der Waals surface area contributed by atoms with Crippen LogP contribution in [0.5, 0.6) is 5.75 Å². The average Bonchev–Trinajstić information content (AvgIpc) is 2.40. The van der Waals surface area contributed by atoms with E-state index in [0.717, 1.165) is 22.6 Å². The predicted octanol–water partition coefficient (Wildman–Crippen LogP) is 3.71. The molecule has 3 nitrogen and oxygen atoms in total. The van der Waals surface area contributed by atoms with Crippen molar-refractivity contribution in [2.45, 2.75) is 13.8 Å². The fourth-order valence-corrected chi connectivity index (χ4v) is 1.86. The van der Waals surface area contributed by atoms with Gasteiger partial charge in [0.25, 0.3) is 0 Å². The molecule has 0 aliphatic carbocycles. The van der Waals surface area contributed by atoms with Gasteiger partial charge < -0.3 is 10.1 Å². The number of anilines is 1. The van der Waals surface area contributed by atoms with Crippen molar-refractivity contribution in [2.75, 3.05) is 11.9 Å². The molecule has 0 aromatic heterocycles. The summed E-state index contributed by atoms with van der Waals surface area (Å²) < 4.78 is 5.41. The van der Waals surface area contributed by atoms with E-state index in [2.05, 4.69) is 5.32 Å². The predicted molar refractivity (Wildman–Crippen MR) is 77.4 cm³/mol. The second-order valence-corrected chi connectivity index (χ2v) is 4.22. The van der Waals surface area contributed by atoms with Crippen LogP contribution in [0.25, 0.3) is 11.1 Å². The van der Waals surface area contributed by atoms with Crippen LogP contribution < -0.4 is 10.1 Å². The number of amides is 1. The molecule has 3 heteroatoms. The maximum Gasteiger partial charge on any atom is 0.221 e. The fraction of sp³-hybridized carbons (Fsp3) is 0.188. The minimum absolute atomic E-state index is 0.0613. The van der Waals surface area contributed by atoms with Crippen LogP contribution in [0.15, 0.2) is 48.5 Å². The first kappa shape index (κ1) is 13.1. The molecule has 2 aromatic carbocycles. The zero-order valence-corrected chi connectivity index (χ0v) is 11.1. The number of nitrogens with one attached hydrogen (secondary N) is 1. The molecule has 1 N–H and O–H groups in total. The minimum Gasteiger partial charge on any atom is -0.494 e. The molecule has 0 radical (unpaired) electrons. The molecular weight excluding hydrogens is 238 g/mol. The molecule has 0 bridgehead atoms. The Bertz CT molecular complexity index is 544. The van der Waals surface area contributed by atoms with Gasteiger partial charge in [-0.1, -0.05) is 24.3 Å². The van der Waals surface area contributed by atoms with Gasteiger partial charge in [-0.3, -0.25) is 4.79 Å². The molecule has 0 saturated carbocycles. The summed E-state index contributed by atoms with van der Waals surface area (Å²) in [5.41, 5.74) is 3.04. The maximum absolute atomic E-state index is 10.9. The van der Waals surface area contributed by atoms with E-state index in [9.17, 15) is 4.79 Å². The number of carbonyl (C=O) groups excluding carboxylic acids is 1. The Hall–Kier alpha value is -2.29. The molecule has 2 rings (SSSR count). The lowest BCUT2D eigenvalue weighted by atomic mass is 10.1. The van der Waals surface area contributed by atoms with Gasteiger partial charge in [-0.05, 0) is 42.3 Å². The third kappa shape index (κ3) is 3.58. The van der Waals surface area contributed by atoms with Crippen LogP contribution in [0.1, 0.15) is 13.8 Å². The summed E-state index contributed by atoms with van der Waals surface area (Å²) in [7, 11) is 0. The first-order valence-electron chi connectivity index (χ1n) is 6.30. The Kier molecular flexibility index (Phi) is 4.18. The number of ether oxygens (including phenoxy) is 1. The van der Waals surface area contributed by atoms with Crippen molar-refractivity contribution in [1.82, 2.24) is 0 Å². The van der Waals surface area contributed by atoms with E-state index < -0.39 is 0 Å². The number of hydrogen-bond donors (Lipinski definition) is 1. The third-order valence-corrected chi connectivity index (χ3v) is 2.70. The standard InChI is InChI=1S/C16H17NO2/c1-3-19-16-10-6-14(7-11-16)13-4-8-15(9-5-13)17-12(2)18/h4-11H,3H2,1-2H3,(H,17,18). The van der Waals surface area contributed by atoms with Crippen LogP contribution in [0.4, 0.5) is 5.69 Å². The Balaban J connectivity index is 2.15. The van der Waals surface area contributed by atoms with E-state index in [0.29, 0.717) is 6.61 Å². The van der Waals surface area contributed by atoms with E-state index in [1.165, 1.54) is 6.92 Å². The van der Waals surface area contributed by atoms with Gasteiger partial charge in [0.2, 0.25) is 5.91 Å². The van der Waals surface area contributed by atoms with Crippen LogP contribution in [0.2, 0.25) is 0 Å². The molecule has 2 aromatic rings. The topological polar surface area (TPSA) is 38.3 Å². The maximum atomic E-state index is 10.9. The monoisotopic (exact) mass is 255 g/mol. The quantitative estimate of drug-likeness (QED) is 0.904. The van der Waals surface area contributed by atoms with Crippen molar-refractivity contribution in [1.29, 1.82) is 0 Å². The summed E-state index contributed by atoms with van der Waals surface area (Å²) in [6, 6.07) is 15.7. The van der Waals surface area contributed by atoms with Gasteiger partial charge in [0.1, 0.15) is 5.75 Å². The second kappa shape index (κ2) is 6.05. The zero-order chi connectivity index (χ0) is 13.7. The number of carbonyl (C=O) groups is 1. The molecule has 0 aliphatic heterocycles. The van der Waals surface area contributed by atoms with Gasteiger partial charge >= 0.3 is 0 Å². The zero-order valence-electron chi connectivity index (χ0n) is 11.1. The fourth-order valence-electron chi connectivity index (χ4n) is 1.86. The van der Waals surface area contributed by atoms with Crippen LogP contribution in [0.3, 0.4) is 0 Å². The SMILES string of the molecule is CCOc1ccc(-c2ccc(NC(C)=O)cc2)cc1. The number of benzene rings is 2. The smallest absolute Gasteiger partial charge is 0.221 e. The molecule has 0 heterocycles. The highest BCUT2D eigenvalue weighted by Crippen LogP contribution is 2.23. The highest BCUT2D eigenvalue weighted by molar-refractivity contribution is 5.89. The molecule has 0 aliphatic rings. The van der Waals surface area contributed by atoms with Crippen LogP contribution in [0, 0.1) is 0 Å². The van der Waals surface area contributed by atoms with Crippen LogP contribution in [-0.2, 0) is 4.79 Å². The Morgan fingerprint density at radius 3 is 2.00 bits per heavy atom. The molecule has 0 unspecified atom stereocenters. The van der Waals surface area contributed by atoms with Crippen molar-refractivity contribution in [3.8, 4) is 16.9 Å². The van der Waals surface area contributed by atoms with E-state index in [1.54, 1.807) is 0 Å². The van der Waals surface area contributed by atoms with Crippen molar-refractivity contribution in [3.05, 3.63) is 48.5 Å². The third-order valence-electron chi connectivity index (χ3n) is 2.70. The van der Waals surface area contributed by atoms with Crippen molar-refractivity contribution in [2.24, 2.45) is 0 Å². The highest BCUT2D eigenvalue weighted by atomic mass is 16.5. The lowest BCUT2D eigenvalue weighted by Gasteiger charge is -2.07. The van der Waals surface area contributed by atoms with Crippen LogP contribution in [-0.4, -0.2) is 12.5 Å². The molecule has 1 amide bonds. The molecule has 0 atom stereocenters. The molecule has 98 valence electrons. The van der Waals surface area contributed by atoms with E-state index in [-0.39, 0.29) is 5.91 Å². The van der Waals surface area contributed by atoms with E-state index in [1.807, 2.05) is 55.5 Å². The molecule has 0 fully saturated rings. The van der Waals surface area contributed by atoms with Gasteiger partial charge in [-0.25, -0.2) is 0 Å². The Morgan fingerprint density at radius 2 is 1.53 bits per heavy atom. The van der Waals surface area contributed by atoms with Gasteiger partial charge in [-0.15, -0.1) is 0 Å².